The average Bonchev–Trinajstić information content (AvgIpc) is 2.95. The standard InChI is InChI=1S/C13H21N3O5/c1-14-12(19)10-3-2-4-16(10)13(20)15-5-6-21-8-9(15)7-11(17)18/h9-10H,2-8H2,1H3,(H,14,19)(H,17,18). The van der Waals surface area contributed by atoms with Crippen LogP contribution in [0.4, 0.5) is 4.79 Å². The Labute approximate surface area is 123 Å². The monoisotopic (exact) mass is 299 g/mol. The highest BCUT2D eigenvalue weighted by Crippen LogP contribution is 2.22. The molecule has 2 N–H and O–H groups in total. The van der Waals surface area contributed by atoms with E-state index in [1.54, 1.807) is 11.9 Å². The number of amides is 3. The number of carbonyl (C=O) groups is 3. The number of carbonyl (C=O) groups excluding carboxylic acids is 2. The van der Waals surface area contributed by atoms with Crippen molar-refractivity contribution in [3.63, 3.8) is 0 Å². The largest absolute Gasteiger partial charge is 0.481 e. The minimum Gasteiger partial charge on any atom is -0.481 e. The Kier molecular flexibility index (Phi) is 5.00. The molecule has 2 rings (SSSR count). The van der Waals surface area contributed by atoms with Gasteiger partial charge in [0.05, 0.1) is 25.7 Å². The molecule has 118 valence electrons. The Morgan fingerprint density at radius 1 is 1.29 bits per heavy atom. The number of urea groups is 1. The summed E-state index contributed by atoms with van der Waals surface area (Å²) in [6, 6.07) is -1.21. The van der Waals surface area contributed by atoms with E-state index in [9.17, 15) is 14.4 Å². The second kappa shape index (κ2) is 6.75. The van der Waals surface area contributed by atoms with Gasteiger partial charge in [0, 0.05) is 20.1 Å². The van der Waals surface area contributed by atoms with Crippen LogP contribution in [-0.2, 0) is 14.3 Å². The molecule has 2 fully saturated rings. The fourth-order valence-corrected chi connectivity index (χ4v) is 2.88. The van der Waals surface area contributed by atoms with E-state index < -0.39 is 18.1 Å². The molecule has 2 heterocycles. The molecule has 2 aliphatic heterocycles. The lowest BCUT2D eigenvalue weighted by atomic mass is 10.1. The second-order valence-electron chi connectivity index (χ2n) is 5.27. The fraction of sp³-hybridized carbons (Fsp3) is 0.769. The second-order valence-corrected chi connectivity index (χ2v) is 5.27. The van der Waals surface area contributed by atoms with Crippen molar-refractivity contribution in [2.24, 2.45) is 0 Å². The quantitative estimate of drug-likeness (QED) is 0.731. The van der Waals surface area contributed by atoms with Crippen molar-refractivity contribution in [2.75, 3.05) is 33.4 Å². The smallest absolute Gasteiger partial charge is 0.321 e. The Morgan fingerprint density at radius 2 is 2.05 bits per heavy atom. The van der Waals surface area contributed by atoms with Crippen molar-refractivity contribution < 1.29 is 24.2 Å². The lowest BCUT2D eigenvalue weighted by molar-refractivity contribution is -0.139. The molecule has 0 aromatic rings. The Balaban J connectivity index is 2.09. The number of ether oxygens (including phenoxy) is 1. The molecular weight excluding hydrogens is 278 g/mol. The molecule has 2 unspecified atom stereocenters. The number of morpholine rings is 1. The van der Waals surface area contributed by atoms with Gasteiger partial charge in [-0.15, -0.1) is 0 Å². The van der Waals surface area contributed by atoms with Crippen LogP contribution >= 0.6 is 0 Å². The van der Waals surface area contributed by atoms with E-state index in [0.717, 1.165) is 6.42 Å². The number of rotatable bonds is 3. The van der Waals surface area contributed by atoms with Crippen LogP contribution in [0.3, 0.4) is 0 Å². The van der Waals surface area contributed by atoms with Crippen molar-refractivity contribution in [1.82, 2.24) is 15.1 Å². The van der Waals surface area contributed by atoms with E-state index in [2.05, 4.69) is 5.32 Å². The third kappa shape index (κ3) is 3.44. The summed E-state index contributed by atoms with van der Waals surface area (Å²) in [5.74, 6) is -1.14. The number of carboxylic acid groups (broad SMARTS) is 1. The van der Waals surface area contributed by atoms with Crippen LogP contribution in [0, 0.1) is 0 Å². The van der Waals surface area contributed by atoms with Gasteiger partial charge >= 0.3 is 12.0 Å². The minimum atomic E-state index is -0.965. The molecule has 0 aromatic carbocycles. The van der Waals surface area contributed by atoms with Gasteiger partial charge in [-0.05, 0) is 12.8 Å². The van der Waals surface area contributed by atoms with Crippen LogP contribution in [-0.4, -0.2) is 78.2 Å². The number of hydrogen-bond donors (Lipinski definition) is 2. The first-order chi connectivity index (χ1) is 10.0. The number of carboxylic acids is 1. The first kappa shape index (κ1) is 15.6. The lowest BCUT2D eigenvalue weighted by Gasteiger charge is -2.38. The maximum absolute atomic E-state index is 12.6. The van der Waals surface area contributed by atoms with Crippen molar-refractivity contribution in [2.45, 2.75) is 31.3 Å². The summed E-state index contributed by atoms with van der Waals surface area (Å²) in [5, 5.41) is 11.5. The average molecular weight is 299 g/mol. The van der Waals surface area contributed by atoms with Gasteiger partial charge in [-0.1, -0.05) is 0 Å². The zero-order valence-corrected chi connectivity index (χ0v) is 12.1. The molecule has 3 amide bonds. The van der Waals surface area contributed by atoms with E-state index in [4.69, 9.17) is 9.84 Å². The number of likely N-dealkylation sites (N-methyl/N-ethyl adjacent to an activating group) is 1. The zero-order chi connectivity index (χ0) is 15.4. The number of nitrogens with zero attached hydrogens (tertiary/aromatic N) is 2. The highest BCUT2D eigenvalue weighted by molar-refractivity contribution is 5.87. The molecule has 2 aliphatic rings. The molecular formula is C13H21N3O5. The summed E-state index contributed by atoms with van der Waals surface area (Å²) < 4.78 is 5.27. The van der Waals surface area contributed by atoms with Crippen molar-refractivity contribution in [3.05, 3.63) is 0 Å². The van der Waals surface area contributed by atoms with Crippen LogP contribution in [0.15, 0.2) is 0 Å². The molecule has 0 saturated carbocycles. The van der Waals surface area contributed by atoms with E-state index in [1.165, 1.54) is 4.90 Å². The number of likely N-dealkylation sites (tertiary alicyclic amines) is 1. The summed E-state index contributed by atoms with van der Waals surface area (Å²) in [5.41, 5.74) is 0. The fourth-order valence-electron chi connectivity index (χ4n) is 2.88. The molecule has 8 nitrogen and oxygen atoms in total. The van der Waals surface area contributed by atoms with E-state index in [0.29, 0.717) is 26.1 Å². The first-order valence-electron chi connectivity index (χ1n) is 7.13. The summed E-state index contributed by atoms with van der Waals surface area (Å²) in [7, 11) is 1.55. The van der Waals surface area contributed by atoms with E-state index in [1.807, 2.05) is 0 Å². The normalized spacial score (nSPS) is 25.8. The molecule has 0 radical (unpaired) electrons. The van der Waals surface area contributed by atoms with Crippen LogP contribution in [0.5, 0.6) is 0 Å². The SMILES string of the molecule is CNC(=O)C1CCCN1C(=O)N1CCOCC1CC(=O)O. The first-order valence-corrected chi connectivity index (χ1v) is 7.13. The Bertz CT molecular complexity index is 428. The van der Waals surface area contributed by atoms with Crippen LogP contribution in [0.25, 0.3) is 0 Å². The maximum Gasteiger partial charge on any atom is 0.321 e. The number of hydrogen-bond acceptors (Lipinski definition) is 4. The highest BCUT2D eigenvalue weighted by Gasteiger charge is 2.39. The van der Waals surface area contributed by atoms with Gasteiger partial charge < -0.3 is 25.0 Å². The van der Waals surface area contributed by atoms with Gasteiger partial charge in [0.15, 0.2) is 0 Å². The number of aliphatic carboxylic acids is 1. The minimum absolute atomic E-state index is 0.149. The highest BCUT2D eigenvalue weighted by atomic mass is 16.5. The van der Waals surface area contributed by atoms with Gasteiger partial charge in [-0.25, -0.2) is 4.79 Å². The maximum atomic E-state index is 12.6. The number of nitrogens with one attached hydrogen (secondary N) is 1. The summed E-state index contributed by atoms with van der Waals surface area (Å²) >= 11 is 0. The molecule has 8 heteroatoms. The Morgan fingerprint density at radius 3 is 2.71 bits per heavy atom. The molecule has 0 bridgehead atoms. The summed E-state index contributed by atoms with van der Waals surface area (Å²) in [6.07, 6.45) is 1.27. The lowest BCUT2D eigenvalue weighted by Crippen LogP contribution is -2.57. The molecule has 21 heavy (non-hydrogen) atoms. The van der Waals surface area contributed by atoms with Gasteiger partial charge in [-0.3, -0.25) is 9.59 Å². The zero-order valence-electron chi connectivity index (χ0n) is 12.1. The predicted octanol–water partition coefficient (Wildman–Crippen LogP) is -0.508. The van der Waals surface area contributed by atoms with Gasteiger partial charge in [0.1, 0.15) is 6.04 Å². The molecule has 0 aromatic heterocycles. The van der Waals surface area contributed by atoms with E-state index >= 15 is 0 Å². The van der Waals surface area contributed by atoms with Crippen molar-refractivity contribution in [3.8, 4) is 0 Å². The topological polar surface area (TPSA) is 99.2 Å². The predicted molar refractivity (Wildman–Crippen MR) is 72.8 cm³/mol. The van der Waals surface area contributed by atoms with Crippen LogP contribution in [0.1, 0.15) is 19.3 Å². The molecule has 2 saturated heterocycles. The van der Waals surface area contributed by atoms with Gasteiger partial charge in [0.2, 0.25) is 5.91 Å². The van der Waals surface area contributed by atoms with Crippen molar-refractivity contribution in [1.29, 1.82) is 0 Å². The van der Waals surface area contributed by atoms with Crippen LogP contribution < -0.4 is 5.32 Å². The van der Waals surface area contributed by atoms with Gasteiger partial charge in [-0.2, -0.15) is 0 Å². The van der Waals surface area contributed by atoms with Gasteiger partial charge in [0.25, 0.3) is 0 Å². The van der Waals surface area contributed by atoms with E-state index in [-0.39, 0.29) is 25.0 Å². The van der Waals surface area contributed by atoms with Crippen molar-refractivity contribution >= 4 is 17.9 Å². The summed E-state index contributed by atoms with van der Waals surface area (Å²) in [4.78, 5) is 38.4. The molecule has 0 aliphatic carbocycles. The van der Waals surface area contributed by atoms with Crippen LogP contribution in [0.2, 0.25) is 0 Å². The Hall–Kier alpha value is -1.83. The summed E-state index contributed by atoms with van der Waals surface area (Å²) in [6.45, 7) is 1.48. The molecule has 2 atom stereocenters. The third-order valence-electron chi connectivity index (χ3n) is 3.93. The third-order valence-corrected chi connectivity index (χ3v) is 3.93. The molecule has 0 spiro atoms.